The lowest BCUT2D eigenvalue weighted by Gasteiger charge is -2.20. The van der Waals surface area contributed by atoms with Gasteiger partial charge in [0.25, 0.3) is 5.91 Å². The first-order chi connectivity index (χ1) is 14.9. The average molecular weight is 444 g/mol. The van der Waals surface area contributed by atoms with Gasteiger partial charge in [-0.15, -0.1) is 0 Å². The van der Waals surface area contributed by atoms with Gasteiger partial charge in [0.05, 0.1) is 5.56 Å². The molecule has 0 aliphatic carbocycles. The Morgan fingerprint density at radius 1 is 1.19 bits per heavy atom. The van der Waals surface area contributed by atoms with Gasteiger partial charge in [-0.2, -0.15) is 0 Å². The van der Waals surface area contributed by atoms with Crippen LogP contribution < -0.4 is 13.8 Å². The van der Waals surface area contributed by atoms with E-state index < -0.39 is 28.9 Å². The molecule has 1 aliphatic heterocycles. The number of aromatic carboxylic acids is 1. The van der Waals surface area contributed by atoms with E-state index in [9.17, 15) is 18.9 Å². The molecule has 1 atom stereocenters. The normalized spacial score (nSPS) is 15.3. The van der Waals surface area contributed by atoms with Gasteiger partial charge in [-0.05, 0) is 29.1 Å². The first-order valence-corrected chi connectivity index (χ1v) is 10.7. The molecular weight excluding hydrogens is 423 g/mol. The van der Waals surface area contributed by atoms with Crippen LogP contribution in [0.15, 0.2) is 54.6 Å². The molecule has 0 aromatic heterocycles. The fraction of sp³-hybridized carbons (Fsp3) is 0.182. The fourth-order valence-electron chi connectivity index (χ4n) is 3.07. The van der Waals surface area contributed by atoms with E-state index in [4.69, 9.17) is 4.74 Å². The largest absolute Gasteiger partial charge is 0.487 e. The number of hydrogen-bond donors (Lipinski definition) is 2. The second kappa shape index (κ2) is 9.57. The highest BCUT2D eigenvalue weighted by atomic mass is 32.2. The standard InChI is InChI=1S/C20H15FN2O5S.C2H6/c21-18-15-7-6-13(20(25)26)8-14(15)9-16(28-11-12-4-2-1-3-5-12)19(18)23-10-17(24)22-29(23)27;1-2/h1-9H,10-11H2,(H,22,24)(H,25,26);1-2H3. The highest BCUT2D eigenvalue weighted by molar-refractivity contribution is 7.85. The number of benzene rings is 3. The summed E-state index contributed by atoms with van der Waals surface area (Å²) in [6, 6.07) is 14.6. The van der Waals surface area contributed by atoms with Gasteiger partial charge in [-0.1, -0.05) is 50.2 Å². The molecule has 1 amide bonds. The molecule has 1 heterocycles. The maximum Gasteiger partial charge on any atom is 0.335 e. The van der Waals surface area contributed by atoms with Crippen LogP contribution in [0.2, 0.25) is 0 Å². The summed E-state index contributed by atoms with van der Waals surface area (Å²) in [4.78, 5) is 22.9. The van der Waals surface area contributed by atoms with E-state index in [0.717, 1.165) is 9.87 Å². The van der Waals surface area contributed by atoms with E-state index in [1.807, 2.05) is 44.2 Å². The van der Waals surface area contributed by atoms with Gasteiger partial charge < -0.3 is 9.84 Å². The van der Waals surface area contributed by atoms with E-state index in [1.54, 1.807) is 0 Å². The summed E-state index contributed by atoms with van der Waals surface area (Å²) in [5.74, 6) is -2.32. The van der Waals surface area contributed by atoms with E-state index in [-0.39, 0.29) is 35.5 Å². The van der Waals surface area contributed by atoms with E-state index in [0.29, 0.717) is 5.39 Å². The predicted molar refractivity (Wildman–Crippen MR) is 117 cm³/mol. The number of hydrogen-bond acceptors (Lipinski definition) is 4. The lowest BCUT2D eigenvalue weighted by atomic mass is 10.0. The summed E-state index contributed by atoms with van der Waals surface area (Å²) >= 11 is -1.95. The summed E-state index contributed by atoms with van der Waals surface area (Å²) in [6.45, 7) is 3.82. The van der Waals surface area contributed by atoms with Crippen molar-refractivity contribution in [1.29, 1.82) is 0 Å². The minimum atomic E-state index is -1.95. The van der Waals surface area contributed by atoms with Gasteiger partial charge in [-0.3, -0.25) is 13.8 Å². The molecule has 1 fully saturated rings. The maximum absolute atomic E-state index is 15.4. The smallest absolute Gasteiger partial charge is 0.335 e. The van der Waals surface area contributed by atoms with Crippen LogP contribution in [0.25, 0.3) is 10.8 Å². The number of halogens is 1. The van der Waals surface area contributed by atoms with Crippen molar-refractivity contribution in [3.05, 3.63) is 71.5 Å². The number of fused-ring (bicyclic) bond motifs is 1. The van der Waals surface area contributed by atoms with E-state index in [2.05, 4.69) is 4.72 Å². The topological polar surface area (TPSA) is 95.9 Å². The monoisotopic (exact) mass is 444 g/mol. The van der Waals surface area contributed by atoms with Gasteiger partial charge in [0.15, 0.2) is 5.82 Å². The number of carboxylic acid groups (broad SMARTS) is 1. The zero-order chi connectivity index (χ0) is 22.5. The maximum atomic E-state index is 15.4. The average Bonchev–Trinajstić information content (AvgIpc) is 3.11. The zero-order valence-electron chi connectivity index (χ0n) is 16.9. The van der Waals surface area contributed by atoms with Crippen molar-refractivity contribution in [2.24, 2.45) is 0 Å². The third-order valence-electron chi connectivity index (χ3n) is 4.44. The molecule has 1 aliphatic rings. The lowest BCUT2D eigenvalue weighted by molar-refractivity contribution is -0.117. The minimum Gasteiger partial charge on any atom is -0.487 e. The summed E-state index contributed by atoms with van der Waals surface area (Å²) in [5.41, 5.74) is 0.712. The molecule has 9 heteroatoms. The molecule has 0 bridgehead atoms. The Hall–Kier alpha value is -3.46. The molecule has 1 saturated heterocycles. The molecule has 0 spiro atoms. The van der Waals surface area contributed by atoms with Crippen molar-refractivity contribution in [2.45, 2.75) is 20.5 Å². The van der Waals surface area contributed by atoms with Gasteiger partial charge in [0.2, 0.25) is 11.2 Å². The third-order valence-corrected chi connectivity index (χ3v) is 5.55. The number of ether oxygens (including phenoxy) is 1. The summed E-state index contributed by atoms with van der Waals surface area (Å²) in [5, 5.41) is 9.66. The van der Waals surface area contributed by atoms with Crippen LogP contribution >= 0.6 is 0 Å². The Morgan fingerprint density at radius 3 is 2.52 bits per heavy atom. The van der Waals surface area contributed by atoms with Crippen molar-refractivity contribution in [3.63, 3.8) is 0 Å². The highest BCUT2D eigenvalue weighted by Gasteiger charge is 2.32. The van der Waals surface area contributed by atoms with Crippen molar-refractivity contribution in [2.75, 3.05) is 10.8 Å². The predicted octanol–water partition coefficient (Wildman–Crippen LogP) is 3.80. The van der Waals surface area contributed by atoms with Crippen molar-refractivity contribution >= 4 is 39.5 Å². The Labute approximate surface area is 181 Å². The molecular formula is C22H21FN2O5S. The van der Waals surface area contributed by atoms with Crippen LogP contribution in [0.5, 0.6) is 5.75 Å². The quantitative estimate of drug-likeness (QED) is 0.624. The van der Waals surface area contributed by atoms with Crippen LogP contribution in [0.4, 0.5) is 10.1 Å². The number of amides is 1. The SMILES string of the molecule is CC.O=C1CN(c2c(OCc3ccccc3)cc3cc(C(=O)O)ccc3c2F)S(=O)N1. The number of nitrogens with zero attached hydrogens (tertiary/aromatic N) is 1. The zero-order valence-corrected chi connectivity index (χ0v) is 17.7. The van der Waals surface area contributed by atoms with Crippen molar-refractivity contribution in [1.82, 2.24) is 4.72 Å². The third kappa shape index (κ3) is 4.66. The Balaban J connectivity index is 0.00000132. The number of nitrogens with one attached hydrogen (secondary N) is 1. The van der Waals surface area contributed by atoms with Crippen molar-refractivity contribution in [3.8, 4) is 5.75 Å². The molecule has 162 valence electrons. The second-order valence-corrected chi connectivity index (χ2v) is 7.51. The molecule has 0 radical (unpaired) electrons. The molecule has 3 aromatic carbocycles. The molecule has 0 saturated carbocycles. The van der Waals surface area contributed by atoms with Crippen LogP contribution in [0.3, 0.4) is 0 Å². The van der Waals surface area contributed by atoms with Crippen LogP contribution in [-0.4, -0.2) is 27.7 Å². The summed E-state index contributed by atoms with van der Waals surface area (Å²) < 4.78 is 36.8. The minimum absolute atomic E-state index is 0.000234. The first kappa shape index (κ1) is 22.2. The lowest BCUT2D eigenvalue weighted by Crippen LogP contribution is -2.24. The highest BCUT2D eigenvalue weighted by Crippen LogP contribution is 2.39. The van der Waals surface area contributed by atoms with Crippen LogP contribution in [0.1, 0.15) is 29.8 Å². The van der Waals surface area contributed by atoms with E-state index >= 15 is 4.39 Å². The molecule has 7 nitrogen and oxygen atoms in total. The number of carbonyl (C=O) groups is 2. The first-order valence-electron chi connectivity index (χ1n) is 9.59. The second-order valence-electron chi connectivity index (χ2n) is 6.36. The molecule has 1 unspecified atom stereocenters. The molecule has 31 heavy (non-hydrogen) atoms. The molecule has 2 N–H and O–H groups in total. The van der Waals surface area contributed by atoms with Crippen molar-refractivity contribution < 1.29 is 28.0 Å². The van der Waals surface area contributed by atoms with E-state index in [1.165, 1.54) is 24.3 Å². The fourth-order valence-corrected chi connectivity index (χ4v) is 4.01. The molecule has 3 aromatic rings. The van der Waals surface area contributed by atoms with Crippen LogP contribution in [0, 0.1) is 5.82 Å². The van der Waals surface area contributed by atoms with Gasteiger partial charge in [0, 0.05) is 5.39 Å². The Morgan fingerprint density at radius 2 is 1.90 bits per heavy atom. The Bertz CT molecular complexity index is 1150. The Kier molecular flexibility index (Phi) is 6.86. The number of rotatable bonds is 5. The van der Waals surface area contributed by atoms with Gasteiger partial charge in [0.1, 0.15) is 24.6 Å². The number of anilines is 1. The molecule has 4 rings (SSSR count). The summed E-state index contributed by atoms with van der Waals surface area (Å²) in [6.07, 6.45) is 0. The summed E-state index contributed by atoms with van der Waals surface area (Å²) in [7, 11) is 0. The number of carbonyl (C=O) groups excluding carboxylic acids is 1. The van der Waals surface area contributed by atoms with Gasteiger partial charge in [-0.25, -0.2) is 13.4 Å². The van der Waals surface area contributed by atoms with Gasteiger partial charge >= 0.3 is 5.97 Å². The number of carboxylic acids is 1. The van der Waals surface area contributed by atoms with Crippen LogP contribution in [-0.2, 0) is 22.6 Å².